The van der Waals surface area contributed by atoms with Gasteiger partial charge in [0.1, 0.15) is 0 Å². The van der Waals surface area contributed by atoms with Crippen LogP contribution in [0.3, 0.4) is 0 Å². The van der Waals surface area contributed by atoms with E-state index in [-0.39, 0.29) is 11.2 Å². The van der Waals surface area contributed by atoms with E-state index >= 15 is 0 Å². The molecule has 3 rings (SSSR count). The largest absolute Gasteiger partial charge is 0.411 e. The van der Waals surface area contributed by atoms with Crippen LogP contribution in [0.25, 0.3) is 11.5 Å². The molecule has 0 spiro atoms. The fourth-order valence-electron chi connectivity index (χ4n) is 2.14. The van der Waals surface area contributed by atoms with Crippen LogP contribution in [0.15, 0.2) is 58.2 Å². The number of rotatable bonds is 5. The van der Waals surface area contributed by atoms with Gasteiger partial charge in [-0.2, -0.15) is 0 Å². The van der Waals surface area contributed by atoms with Gasteiger partial charge in [-0.25, -0.2) is 0 Å². The van der Waals surface area contributed by atoms with E-state index in [1.807, 2.05) is 31.2 Å². The zero-order chi connectivity index (χ0) is 17.8. The number of halogens is 1. The molecule has 0 unspecified atom stereocenters. The Labute approximate surface area is 154 Å². The standard InChI is InChI=1S/C18H16ClN3O2S/c1-11-4-3-5-15(10-11)20-16(23)12(2)25-18-22-21-17(24-18)13-6-8-14(19)9-7-13/h3-10,12H,1-2H3,(H,20,23)/t12-/m1/s1. The smallest absolute Gasteiger partial charge is 0.277 e. The molecule has 1 amide bonds. The van der Waals surface area contributed by atoms with E-state index in [1.54, 1.807) is 31.2 Å². The van der Waals surface area contributed by atoms with Crippen molar-refractivity contribution in [3.63, 3.8) is 0 Å². The van der Waals surface area contributed by atoms with Crippen LogP contribution in [0.5, 0.6) is 0 Å². The quantitative estimate of drug-likeness (QED) is 0.649. The van der Waals surface area contributed by atoms with Crippen molar-refractivity contribution in [1.82, 2.24) is 10.2 Å². The van der Waals surface area contributed by atoms with Gasteiger partial charge in [0.15, 0.2) is 0 Å². The highest BCUT2D eigenvalue weighted by molar-refractivity contribution is 8.00. The summed E-state index contributed by atoms with van der Waals surface area (Å²) in [5, 5.41) is 11.5. The molecule has 3 aromatic rings. The molecule has 0 aliphatic rings. The van der Waals surface area contributed by atoms with E-state index in [9.17, 15) is 4.79 Å². The molecule has 1 heterocycles. The highest BCUT2D eigenvalue weighted by atomic mass is 35.5. The number of benzene rings is 2. The first-order valence-electron chi connectivity index (χ1n) is 7.65. The molecule has 0 aliphatic carbocycles. The Hall–Kier alpha value is -2.31. The number of aromatic nitrogens is 2. The average molecular weight is 374 g/mol. The summed E-state index contributed by atoms with van der Waals surface area (Å²) >= 11 is 7.08. The summed E-state index contributed by atoms with van der Waals surface area (Å²) in [5.74, 6) is 0.271. The summed E-state index contributed by atoms with van der Waals surface area (Å²) in [7, 11) is 0. The second-order valence-electron chi connectivity index (χ2n) is 5.50. The van der Waals surface area contributed by atoms with E-state index in [0.717, 1.165) is 16.8 Å². The summed E-state index contributed by atoms with van der Waals surface area (Å²) in [4.78, 5) is 12.3. The maximum atomic E-state index is 12.3. The number of thioether (sulfide) groups is 1. The van der Waals surface area contributed by atoms with Crippen molar-refractivity contribution in [1.29, 1.82) is 0 Å². The Morgan fingerprint density at radius 1 is 1.20 bits per heavy atom. The van der Waals surface area contributed by atoms with Crippen LogP contribution in [0.1, 0.15) is 12.5 Å². The van der Waals surface area contributed by atoms with Crippen LogP contribution in [0.2, 0.25) is 5.02 Å². The summed E-state index contributed by atoms with van der Waals surface area (Å²) in [5.41, 5.74) is 2.63. The van der Waals surface area contributed by atoms with Gasteiger partial charge in [0.2, 0.25) is 11.8 Å². The summed E-state index contributed by atoms with van der Waals surface area (Å²) in [6.45, 7) is 3.77. The zero-order valence-electron chi connectivity index (χ0n) is 13.7. The van der Waals surface area contributed by atoms with Gasteiger partial charge in [0.05, 0.1) is 5.25 Å². The fraction of sp³-hybridized carbons (Fsp3) is 0.167. The minimum Gasteiger partial charge on any atom is -0.411 e. The first-order chi connectivity index (χ1) is 12.0. The summed E-state index contributed by atoms with van der Waals surface area (Å²) < 4.78 is 5.62. The zero-order valence-corrected chi connectivity index (χ0v) is 15.3. The lowest BCUT2D eigenvalue weighted by molar-refractivity contribution is -0.115. The molecular weight excluding hydrogens is 358 g/mol. The van der Waals surface area contributed by atoms with E-state index < -0.39 is 0 Å². The van der Waals surface area contributed by atoms with Crippen molar-refractivity contribution in [2.24, 2.45) is 0 Å². The van der Waals surface area contributed by atoms with Crippen LogP contribution in [-0.2, 0) is 4.79 Å². The van der Waals surface area contributed by atoms with Crippen molar-refractivity contribution in [3.8, 4) is 11.5 Å². The van der Waals surface area contributed by atoms with E-state index in [1.165, 1.54) is 11.8 Å². The lowest BCUT2D eigenvalue weighted by Crippen LogP contribution is -2.22. The van der Waals surface area contributed by atoms with E-state index in [0.29, 0.717) is 16.1 Å². The number of amides is 1. The number of anilines is 1. The average Bonchev–Trinajstić information content (AvgIpc) is 3.04. The van der Waals surface area contributed by atoms with E-state index in [2.05, 4.69) is 15.5 Å². The summed E-state index contributed by atoms with van der Waals surface area (Å²) in [6.07, 6.45) is 0. The molecule has 7 heteroatoms. The van der Waals surface area contributed by atoms with Gasteiger partial charge in [-0.05, 0) is 55.8 Å². The number of aryl methyl sites for hydroxylation is 1. The molecule has 0 bridgehead atoms. The van der Waals surface area contributed by atoms with Crippen LogP contribution in [0.4, 0.5) is 5.69 Å². The third-order valence-electron chi connectivity index (χ3n) is 3.43. The molecule has 0 fully saturated rings. The topological polar surface area (TPSA) is 68.0 Å². The van der Waals surface area contributed by atoms with Crippen LogP contribution >= 0.6 is 23.4 Å². The number of hydrogen-bond donors (Lipinski definition) is 1. The van der Waals surface area contributed by atoms with Crippen molar-refractivity contribution >= 4 is 35.0 Å². The second-order valence-corrected chi connectivity index (χ2v) is 7.23. The highest BCUT2D eigenvalue weighted by Crippen LogP contribution is 2.27. The first kappa shape index (κ1) is 17.5. The Morgan fingerprint density at radius 3 is 2.68 bits per heavy atom. The number of hydrogen-bond acceptors (Lipinski definition) is 5. The number of nitrogens with zero attached hydrogens (tertiary/aromatic N) is 2. The molecule has 1 atom stereocenters. The van der Waals surface area contributed by atoms with E-state index in [4.69, 9.17) is 16.0 Å². The van der Waals surface area contributed by atoms with Crippen molar-refractivity contribution in [2.75, 3.05) is 5.32 Å². The predicted octanol–water partition coefficient (Wildman–Crippen LogP) is 4.82. The molecule has 0 saturated heterocycles. The van der Waals surface area contributed by atoms with Crippen molar-refractivity contribution in [3.05, 3.63) is 59.1 Å². The molecule has 0 aliphatic heterocycles. The Bertz CT molecular complexity index is 880. The lowest BCUT2D eigenvalue weighted by Gasteiger charge is -2.10. The van der Waals surface area contributed by atoms with Crippen molar-refractivity contribution < 1.29 is 9.21 Å². The molecule has 5 nitrogen and oxygen atoms in total. The summed E-state index contributed by atoms with van der Waals surface area (Å²) in [6, 6.07) is 14.8. The molecule has 128 valence electrons. The minimum absolute atomic E-state index is 0.123. The van der Waals surface area contributed by atoms with Gasteiger partial charge in [-0.15, -0.1) is 10.2 Å². The van der Waals surface area contributed by atoms with Gasteiger partial charge in [0, 0.05) is 16.3 Å². The normalized spacial score (nSPS) is 12.0. The van der Waals surface area contributed by atoms with Gasteiger partial charge in [-0.1, -0.05) is 35.5 Å². The predicted molar refractivity (Wildman–Crippen MR) is 99.9 cm³/mol. The number of carbonyl (C=O) groups excluding carboxylic acids is 1. The van der Waals surface area contributed by atoms with Crippen LogP contribution in [-0.4, -0.2) is 21.4 Å². The number of nitrogens with one attached hydrogen (secondary N) is 1. The molecule has 1 aromatic heterocycles. The SMILES string of the molecule is Cc1cccc(NC(=O)[C@@H](C)Sc2nnc(-c3ccc(Cl)cc3)o2)c1. The molecule has 0 radical (unpaired) electrons. The van der Waals surface area contributed by atoms with Gasteiger partial charge in [0.25, 0.3) is 5.22 Å². The Kier molecular flexibility index (Phi) is 5.40. The monoisotopic (exact) mass is 373 g/mol. The second kappa shape index (κ2) is 7.72. The first-order valence-corrected chi connectivity index (χ1v) is 8.90. The molecular formula is C18H16ClN3O2S. The minimum atomic E-state index is -0.376. The molecule has 1 N–H and O–H groups in total. The highest BCUT2D eigenvalue weighted by Gasteiger charge is 2.19. The van der Waals surface area contributed by atoms with Crippen molar-refractivity contribution in [2.45, 2.75) is 24.3 Å². The van der Waals surface area contributed by atoms with Gasteiger partial charge >= 0.3 is 0 Å². The molecule has 0 saturated carbocycles. The number of carbonyl (C=O) groups is 1. The molecule has 2 aromatic carbocycles. The maximum Gasteiger partial charge on any atom is 0.277 e. The fourth-order valence-corrected chi connectivity index (χ4v) is 2.95. The maximum absolute atomic E-state index is 12.3. The molecule has 25 heavy (non-hydrogen) atoms. The van der Waals surface area contributed by atoms with Crippen LogP contribution in [0, 0.1) is 6.92 Å². The lowest BCUT2D eigenvalue weighted by atomic mass is 10.2. The van der Waals surface area contributed by atoms with Gasteiger partial charge in [-0.3, -0.25) is 4.79 Å². The third kappa shape index (κ3) is 4.61. The van der Waals surface area contributed by atoms with Crippen LogP contribution < -0.4 is 5.32 Å². The Balaban J connectivity index is 1.63. The third-order valence-corrected chi connectivity index (χ3v) is 4.62. The Morgan fingerprint density at radius 2 is 1.96 bits per heavy atom. The van der Waals surface area contributed by atoms with Gasteiger partial charge < -0.3 is 9.73 Å².